The van der Waals surface area contributed by atoms with Crippen molar-refractivity contribution in [1.29, 1.82) is 0 Å². The highest BCUT2D eigenvalue weighted by molar-refractivity contribution is 5.94. The predicted molar refractivity (Wildman–Crippen MR) is 100 cm³/mol. The molecule has 0 saturated carbocycles. The molecule has 1 aromatic carbocycles. The van der Waals surface area contributed by atoms with Gasteiger partial charge in [0.05, 0.1) is 0 Å². The Hall–Kier alpha value is -3.81. The summed E-state index contributed by atoms with van der Waals surface area (Å²) in [6.45, 7) is 0. The molecule has 0 aliphatic rings. The maximum atomic E-state index is 13.3. The number of hydrogen-bond acceptors (Lipinski definition) is 4. The lowest BCUT2D eigenvalue weighted by molar-refractivity contribution is 0.0939. The Kier molecular flexibility index (Phi) is 4.44. The zero-order valence-electron chi connectivity index (χ0n) is 14.9. The molecule has 8 heteroatoms. The van der Waals surface area contributed by atoms with Crippen LogP contribution < -0.4 is 10.9 Å². The summed E-state index contributed by atoms with van der Waals surface area (Å²) in [6.07, 6.45) is 6.15. The minimum absolute atomic E-state index is 0.0926. The van der Waals surface area contributed by atoms with Crippen molar-refractivity contribution in [2.24, 2.45) is 7.05 Å². The number of carbonyl (C=O) groups is 1. The molecule has 4 aromatic rings. The molecule has 0 bridgehead atoms. The highest BCUT2D eigenvalue weighted by atomic mass is 19.1. The third-order valence-electron chi connectivity index (χ3n) is 4.45. The molecule has 0 spiro atoms. The van der Waals surface area contributed by atoms with Gasteiger partial charge in [-0.05, 0) is 29.8 Å². The van der Waals surface area contributed by atoms with E-state index in [1.807, 2.05) is 0 Å². The molecule has 140 valence electrons. The summed E-state index contributed by atoms with van der Waals surface area (Å²) in [5.41, 5.74) is 0.520. The maximum absolute atomic E-state index is 13.3. The number of benzene rings is 1. The van der Waals surface area contributed by atoms with Gasteiger partial charge in [0, 0.05) is 31.8 Å². The van der Waals surface area contributed by atoms with E-state index in [4.69, 9.17) is 0 Å². The number of nitrogens with zero attached hydrogens (tertiary/aromatic N) is 4. The molecular formula is C20H16FN5O2. The number of halogens is 1. The number of aryl methyl sites for hydroxylation is 1. The van der Waals surface area contributed by atoms with Gasteiger partial charge in [-0.25, -0.2) is 14.4 Å². The van der Waals surface area contributed by atoms with E-state index in [-0.39, 0.29) is 11.4 Å². The number of fused-ring (bicyclic) bond motifs is 1. The lowest BCUT2D eigenvalue weighted by Gasteiger charge is -2.19. The van der Waals surface area contributed by atoms with Crippen molar-refractivity contribution in [3.05, 3.63) is 100 Å². The molecule has 1 amide bonds. The molecule has 0 radical (unpaired) electrons. The van der Waals surface area contributed by atoms with Crippen LogP contribution in [-0.2, 0) is 7.05 Å². The lowest BCUT2D eigenvalue weighted by atomic mass is 10.1. The van der Waals surface area contributed by atoms with Gasteiger partial charge < -0.3 is 9.88 Å². The molecule has 0 aliphatic carbocycles. The number of amides is 1. The van der Waals surface area contributed by atoms with Crippen LogP contribution in [0, 0.1) is 5.82 Å². The lowest BCUT2D eigenvalue weighted by Crippen LogP contribution is -2.35. The molecule has 3 heterocycles. The molecule has 1 atom stereocenters. The maximum Gasteiger partial charge on any atom is 0.270 e. The first-order chi connectivity index (χ1) is 13.5. The first-order valence-corrected chi connectivity index (χ1v) is 8.54. The summed E-state index contributed by atoms with van der Waals surface area (Å²) in [7, 11) is 1.79. The van der Waals surface area contributed by atoms with Crippen molar-refractivity contribution < 1.29 is 9.18 Å². The third-order valence-corrected chi connectivity index (χ3v) is 4.45. The molecule has 0 fully saturated rings. The molecule has 4 rings (SSSR count). The van der Waals surface area contributed by atoms with Crippen LogP contribution in [0.1, 0.15) is 27.8 Å². The molecular weight excluding hydrogens is 361 g/mol. The largest absolute Gasteiger partial charge is 0.338 e. The van der Waals surface area contributed by atoms with Crippen molar-refractivity contribution in [2.45, 2.75) is 6.04 Å². The second kappa shape index (κ2) is 7.07. The fraction of sp³-hybridized carbons (Fsp3) is 0.100. The molecule has 3 aromatic heterocycles. The highest BCUT2D eigenvalue weighted by Crippen LogP contribution is 2.21. The topological polar surface area (TPSA) is 81.3 Å². The summed E-state index contributed by atoms with van der Waals surface area (Å²) in [5, 5.41) is 2.82. The van der Waals surface area contributed by atoms with Gasteiger partial charge in [-0.2, -0.15) is 0 Å². The van der Waals surface area contributed by atoms with Crippen molar-refractivity contribution in [3.63, 3.8) is 0 Å². The third kappa shape index (κ3) is 3.16. The summed E-state index contributed by atoms with van der Waals surface area (Å²) in [4.78, 5) is 34.0. The van der Waals surface area contributed by atoms with E-state index in [2.05, 4.69) is 15.3 Å². The van der Waals surface area contributed by atoms with Crippen LogP contribution in [0.4, 0.5) is 4.39 Å². The van der Waals surface area contributed by atoms with E-state index in [1.165, 1.54) is 22.7 Å². The Morgan fingerprint density at radius 3 is 2.61 bits per heavy atom. The average Bonchev–Trinajstić information content (AvgIpc) is 3.13. The van der Waals surface area contributed by atoms with Crippen molar-refractivity contribution >= 4 is 11.6 Å². The van der Waals surface area contributed by atoms with Gasteiger partial charge in [-0.3, -0.25) is 14.0 Å². The van der Waals surface area contributed by atoms with Crippen molar-refractivity contribution in [1.82, 2.24) is 24.3 Å². The first-order valence-electron chi connectivity index (χ1n) is 8.54. The number of nitrogens with one attached hydrogen (secondary N) is 1. The Morgan fingerprint density at radius 1 is 1.11 bits per heavy atom. The van der Waals surface area contributed by atoms with E-state index in [0.29, 0.717) is 17.0 Å². The average molecular weight is 377 g/mol. The molecule has 28 heavy (non-hydrogen) atoms. The number of imidazole rings is 1. The second-order valence-electron chi connectivity index (χ2n) is 6.26. The molecule has 0 saturated heterocycles. The van der Waals surface area contributed by atoms with Crippen LogP contribution >= 0.6 is 0 Å². The van der Waals surface area contributed by atoms with Gasteiger partial charge in [0.2, 0.25) is 0 Å². The Labute approximate surface area is 159 Å². The standard InChI is InChI=1S/C20H16FN5O2/c1-25-11-9-22-18(25)17(13-5-7-14(21)8-6-13)24-19(27)15-12-23-16-4-2-3-10-26(16)20(15)28/h2-12,17H,1H3,(H,24,27)/t17-/m1/s1. The highest BCUT2D eigenvalue weighted by Gasteiger charge is 2.23. The SMILES string of the molecule is Cn1ccnc1[C@H](NC(=O)c1cnc2ccccn2c1=O)c1ccc(F)cc1. The van der Waals surface area contributed by atoms with Crippen LogP contribution in [0.3, 0.4) is 0 Å². The van der Waals surface area contributed by atoms with E-state index >= 15 is 0 Å². The fourth-order valence-corrected chi connectivity index (χ4v) is 3.00. The minimum atomic E-state index is -0.663. The van der Waals surface area contributed by atoms with Crippen LogP contribution in [0.2, 0.25) is 0 Å². The second-order valence-corrected chi connectivity index (χ2v) is 6.26. The smallest absolute Gasteiger partial charge is 0.270 e. The zero-order valence-corrected chi connectivity index (χ0v) is 14.9. The van der Waals surface area contributed by atoms with Gasteiger partial charge >= 0.3 is 0 Å². The van der Waals surface area contributed by atoms with Crippen LogP contribution in [0.25, 0.3) is 5.65 Å². The van der Waals surface area contributed by atoms with E-state index in [0.717, 1.165) is 0 Å². The van der Waals surface area contributed by atoms with Crippen LogP contribution in [-0.4, -0.2) is 24.8 Å². The van der Waals surface area contributed by atoms with Gasteiger partial charge in [0.1, 0.15) is 28.9 Å². The molecule has 0 aliphatic heterocycles. The quantitative estimate of drug-likeness (QED) is 0.590. The number of carbonyl (C=O) groups excluding carboxylic acids is 1. The van der Waals surface area contributed by atoms with Gasteiger partial charge in [0.25, 0.3) is 11.5 Å². The Balaban J connectivity index is 1.74. The number of rotatable bonds is 4. The minimum Gasteiger partial charge on any atom is -0.338 e. The fourth-order valence-electron chi connectivity index (χ4n) is 3.00. The van der Waals surface area contributed by atoms with Gasteiger partial charge in [-0.1, -0.05) is 18.2 Å². The van der Waals surface area contributed by atoms with Crippen LogP contribution in [0.15, 0.2) is 72.0 Å². The van der Waals surface area contributed by atoms with E-state index in [1.54, 1.807) is 60.5 Å². The van der Waals surface area contributed by atoms with E-state index in [9.17, 15) is 14.0 Å². The molecule has 7 nitrogen and oxygen atoms in total. The monoisotopic (exact) mass is 377 g/mol. The van der Waals surface area contributed by atoms with Crippen LogP contribution in [0.5, 0.6) is 0 Å². The van der Waals surface area contributed by atoms with E-state index < -0.39 is 17.5 Å². The molecule has 1 N–H and O–H groups in total. The van der Waals surface area contributed by atoms with Gasteiger partial charge in [0.15, 0.2) is 0 Å². The summed E-state index contributed by atoms with van der Waals surface area (Å²) >= 11 is 0. The Morgan fingerprint density at radius 2 is 1.89 bits per heavy atom. The predicted octanol–water partition coefficient (Wildman–Crippen LogP) is 2.09. The molecule has 0 unspecified atom stereocenters. The number of hydrogen-bond donors (Lipinski definition) is 1. The summed E-state index contributed by atoms with van der Waals surface area (Å²) in [6, 6.07) is 10.2. The summed E-state index contributed by atoms with van der Waals surface area (Å²) < 4.78 is 16.4. The van der Waals surface area contributed by atoms with Gasteiger partial charge in [-0.15, -0.1) is 0 Å². The van der Waals surface area contributed by atoms with Crippen molar-refractivity contribution in [3.8, 4) is 0 Å². The first kappa shape index (κ1) is 17.6. The number of pyridine rings is 1. The Bertz CT molecular complexity index is 1210. The summed E-state index contributed by atoms with van der Waals surface area (Å²) in [5.74, 6) is -0.424. The number of aromatic nitrogens is 4. The van der Waals surface area contributed by atoms with Crippen molar-refractivity contribution in [2.75, 3.05) is 0 Å². The zero-order chi connectivity index (χ0) is 19.7. The normalized spacial score (nSPS) is 12.1.